The highest BCUT2D eigenvalue weighted by Crippen LogP contribution is 2.08. The number of aromatic nitrogens is 2. The predicted molar refractivity (Wildman–Crippen MR) is 68.5 cm³/mol. The normalized spacial score (nSPS) is 10.4. The van der Waals surface area contributed by atoms with Gasteiger partial charge in [-0.25, -0.2) is 9.07 Å². The van der Waals surface area contributed by atoms with Gasteiger partial charge < -0.3 is 10.5 Å². The molecule has 0 amide bonds. The van der Waals surface area contributed by atoms with Crippen LogP contribution >= 0.6 is 0 Å². The number of benzene rings is 1. The average Bonchev–Trinajstić information content (AvgIpc) is 2.41. The summed E-state index contributed by atoms with van der Waals surface area (Å²) in [6, 6.07) is 7.58. The lowest BCUT2D eigenvalue weighted by atomic mass is 10.2. The van der Waals surface area contributed by atoms with E-state index in [1.165, 1.54) is 23.0 Å². The summed E-state index contributed by atoms with van der Waals surface area (Å²) in [5, 5.41) is 3.94. The fraction of sp³-hybridized carbons (Fsp3) is 0.231. The van der Waals surface area contributed by atoms with E-state index in [1.807, 2.05) is 0 Å². The van der Waals surface area contributed by atoms with E-state index in [0.717, 1.165) is 0 Å². The van der Waals surface area contributed by atoms with Crippen molar-refractivity contribution in [1.29, 1.82) is 0 Å². The van der Waals surface area contributed by atoms with Crippen LogP contribution < -0.4 is 16.0 Å². The van der Waals surface area contributed by atoms with E-state index in [-0.39, 0.29) is 17.9 Å². The first-order chi connectivity index (χ1) is 9.20. The molecule has 0 atom stereocenters. The Labute approximate surface area is 109 Å². The molecule has 0 fully saturated rings. The van der Waals surface area contributed by atoms with Gasteiger partial charge in [-0.05, 0) is 6.07 Å². The number of nitrogens with zero attached hydrogens (tertiary/aromatic N) is 2. The second-order valence-corrected chi connectivity index (χ2v) is 3.92. The van der Waals surface area contributed by atoms with Gasteiger partial charge in [-0.3, -0.25) is 4.79 Å². The first-order valence-corrected chi connectivity index (χ1v) is 5.84. The molecule has 0 aliphatic rings. The molecule has 19 heavy (non-hydrogen) atoms. The molecule has 2 N–H and O–H groups in total. The lowest BCUT2D eigenvalue weighted by Gasteiger charge is -2.07. The quantitative estimate of drug-likeness (QED) is 0.865. The number of hydrogen-bond acceptors (Lipinski definition) is 4. The highest BCUT2D eigenvalue weighted by Gasteiger charge is 2.05. The van der Waals surface area contributed by atoms with Gasteiger partial charge in [-0.1, -0.05) is 18.2 Å². The van der Waals surface area contributed by atoms with Crippen molar-refractivity contribution in [2.75, 3.05) is 13.2 Å². The van der Waals surface area contributed by atoms with E-state index in [9.17, 15) is 9.18 Å². The lowest BCUT2D eigenvalue weighted by molar-refractivity contribution is 0.324. The maximum absolute atomic E-state index is 13.5. The van der Waals surface area contributed by atoms with Crippen molar-refractivity contribution in [3.8, 4) is 5.75 Å². The summed E-state index contributed by atoms with van der Waals surface area (Å²) in [7, 11) is 0. The summed E-state index contributed by atoms with van der Waals surface area (Å²) in [5.74, 6) is -0.000100. The predicted octanol–water partition coefficient (Wildman–Crippen LogP) is 0.768. The maximum Gasteiger partial charge on any atom is 0.270 e. The molecule has 0 saturated carbocycles. The first-order valence-electron chi connectivity index (χ1n) is 5.84. The molecule has 2 rings (SSSR count). The average molecular weight is 263 g/mol. The SMILES string of the molecule is NCCOc1cnn(Cc2ccccc2F)c(=O)c1. The standard InChI is InChI=1S/C13H14FN3O2/c14-12-4-2-1-3-10(12)9-17-13(18)7-11(8-16-17)19-6-5-15/h1-4,7-8H,5-6,9,15H2. The van der Waals surface area contributed by atoms with Crippen LogP contribution in [0, 0.1) is 5.82 Å². The Bertz CT molecular complexity index is 613. The molecule has 1 aromatic heterocycles. The molecular weight excluding hydrogens is 249 g/mol. The van der Waals surface area contributed by atoms with Crippen LogP contribution in [0.4, 0.5) is 4.39 Å². The van der Waals surface area contributed by atoms with Gasteiger partial charge in [-0.15, -0.1) is 0 Å². The monoisotopic (exact) mass is 263 g/mol. The van der Waals surface area contributed by atoms with Gasteiger partial charge in [0.25, 0.3) is 5.56 Å². The van der Waals surface area contributed by atoms with Crippen LogP contribution in [0.25, 0.3) is 0 Å². The maximum atomic E-state index is 13.5. The van der Waals surface area contributed by atoms with Crippen molar-refractivity contribution in [2.24, 2.45) is 5.73 Å². The Balaban J connectivity index is 2.18. The first kappa shape index (κ1) is 13.2. The Morgan fingerprint density at radius 2 is 2.16 bits per heavy atom. The topological polar surface area (TPSA) is 70.1 Å². The molecule has 2 aromatic rings. The Morgan fingerprint density at radius 1 is 1.37 bits per heavy atom. The summed E-state index contributed by atoms with van der Waals surface area (Å²) in [5.41, 5.74) is 5.35. The zero-order valence-electron chi connectivity index (χ0n) is 10.3. The van der Waals surface area contributed by atoms with E-state index in [1.54, 1.807) is 18.2 Å². The van der Waals surface area contributed by atoms with Gasteiger partial charge in [0.15, 0.2) is 0 Å². The molecule has 0 radical (unpaired) electrons. The van der Waals surface area contributed by atoms with Crippen molar-refractivity contribution in [3.05, 3.63) is 58.3 Å². The molecule has 0 spiro atoms. The molecule has 100 valence electrons. The molecule has 0 bridgehead atoms. The molecule has 0 aliphatic carbocycles. The molecule has 6 heteroatoms. The third-order valence-electron chi connectivity index (χ3n) is 2.51. The van der Waals surface area contributed by atoms with Crippen LogP contribution in [-0.2, 0) is 6.54 Å². The van der Waals surface area contributed by atoms with Crippen molar-refractivity contribution in [2.45, 2.75) is 6.54 Å². The second kappa shape index (κ2) is 6.10. The van der Waals surface area contributed by atoms with Crippen molar-refractivity contribution >= 4 is 0 Å². The van der Waals surface area contributed by atoms with Crippen LogP contribution in [0.15, 0.2) is 41.3 Å². The van der Waals surface area contributed by atoms with E-state index >= 15 is 0 Å². The molecule has 0 unspecified atom stereocenters. The van der Waals surface area contributed by atoms with Gasteiger partial charge in [0.05, 0.1) is 12.7 Å². The fourth-order valence-corrected chi connectivity index (χ4v) is 1.58. The summed E-state index contributed by atoms with van der Waals surface area (Å²) >= 11 is 0. The zero-order chi connectivity index (χ0) is 13.7. The highest BCUT2D eigenvalue weighted by molar-refractivity contribution is 5.18. The molecule has 1 heterocycles. The number of halogens is 1. The van der Waals surface area contributed by atoms with E-state index < -0.39 is 0 Å². The largest absolute Gasteiger partial charge is 0.490 e. The van der Waals surface area contributed by atoms with Crippen LogP contribution in [0.3, 0.4) is 0 Å². The highest BCUT2D eigenvalue weighted by atomic mass is 19.1. The number of ether oxygens (including phenoxy) is 1. The summed E-state index contributed by atoms with van der Waals surface area (Å²) in [6.45, 7) is 0.763. The Morgan fingerprint density at radius 3 is 2.84 bits per heavy atom. The van der Waals surface area contributed by atoms with Gasteiger partial charge in [0, 0.05) is 18.2 Å². The van der Waals surface area contributed by atoms with Gasteiger partial charge in [0.2, 0.25) is 0 Å². The molecule has 0 saturated heterocycles. The third kappa shape index (κ3) is 3.38. The van der Waals surface area contributed by atoms with Gasteiger partial charge in [-0.2, -0.15) is 5.10 Å². The van der Waals surface area contributed by atoms with Crippen LogP contribution in [-0.4, -0.2) is 22.9 Å². The number of nitrogens with two attached hydrogens (primary N) is 1. The third-order valence-corrected chi connectivity index (χ3v) is 2.51. The minimum atomic E-state index is -0.361. The van der Waals surface area contributed by atoms with E-state index in [4.69, 9.17) is 10.5 Å². The Hall–Kier alpha value is -2.21. The summed E-state index contributed by atoms with van der Waals surface area (Å²) < 4.78 is 19.8. The molecular formula is C13H14FN3O2. The minimum absolute atomic E-state index is 0.0860. The molecule has 0 aliphatic heterocycles. The van der Waals surface area contributed by atoms with Crippen molar-refractivity contribution in [3.63, 3.8) is 0 Å². The smallest absolute Gasteiger partial charge is 0.270 e. The fourth-order valence-electron chi connectivity index (χ4n) is 1.58. The zero-order valence-corrected chi connectivity index (χ0v) is 10.3. The lowest BCUT2D eigenvalue weighted by Crippen LogP contribution is -2.23. The second-order valence-electron chi connectivity index (χ2n) is 3.92. The van der Waals surface area contributed by atoms with Crippen LogP contribution in [0.2, 0.25) is 0 Å². The minimum Gasteiger partial charge on any atom is -0.490 e. The summed E-state index contributed by atoms with van der Waals surface area (Å²) in [6.07, 6.45) is 1.41. The van der Waals surface area contributed by atoms with Gasteiger partial charge >= 0.3 is 0 Å². The van der Waals surface area contributed by atoms with Crippen molar-refractivity contribution < 1.29 is 9.13 Å². The molecule has 5 nitrogen and oxygen atoms in total. The Kier molecular flexibility index (Phi) is 4.25. The van der Waals surface area contributed by atoms with Crippen LogP contribution in [0.5, 0.6) is 5.75 Å². The van der Waals surface area contributed by atoms with E-state index in [0.29, 0.717) is 24.5 Å². The van der Waals surface area contributed by atoms with E-state index in [2.05, 4.69) is 5.10 Å². The van der Waals surface area contributed by atoms with Crippen molar-refractivity contribution in [1.82, 2.24) is 9.78 Å². The molecule has 1 aromatic carbocycles. The number of hydrogen-bond donors (Lipinski definition) is 1. The summed E-state index contributed by atoms with van der Waals surface area (Å²) in [4.78, 5) is 11.8. The number of rotatable bonds is 5. The van der Waals surface area contributed by atoms with Gasteiger partial charge in [0.1, 0.15) is 18.2 Å². The van der Waals surface area contributed by atoms with Crippen LogP contribution in [0.1, 0.15) is 5.56 Å².